The fourth-order valence-corrected chi connectivity index (χ4v) is 5.99. The summed E-state index contributed by atoms with van der Waals surface area (Å²) >= 11 is 0. The lowest BCUT2D eigenvalue weighted by atomic mass is 9.85. The van der Waals surface area contributed by atoms with Crippen molar-refractivity contribution in [1.29, 1.82) is 0 Å². The fourth-order valence-electron chi connectivity index (χ4n) is 4.61. The van der Waals surface area contributed by atoms with Crippen molar-refractivity contribution in [3.63, 3.8) is 0 Å². The van der Waals surface area contributed by atoms with Gasteiger partial charge in [0, 0.05) is 18.7 Å². The van der Waals surface area contributed by atoms with E-state index in [-0.39, 0.29) is 23.7 Å². The first kappa shape index (κ1) is 21.4. The normalized spacial score (nSPS) is 13.8. The first-order chi connectivity index (χ1) is 15.9. The zero-order valence-electron chi connectivity index (χ0n) is 18.6. The number of hydrogen-bond acceptors (Lipinski definition) is 3. The van der Waals surface area contributed by atoms with E-state index in [4.69, 9.17) is 0 Å². The summed E-state index contributed by atoms with van der Waals surface area (Å²) in [6, 6.07) is 26.6. The number of phenols is 1. The van der Waals surface area contributed by atoms with Gasteiger partial charge < -0.3 is 5.11 Å². The molecule has 0 bridgehead atoms. The van der Waals surface area contributed by atoms with Gasteiger partial charge in [0.2, 0.25) is 10.0 Å². The van der Waals surface area contributed by atoms with Crippen LogP contribution in [0, 0.1) is 13.8 Å². The molecule has 0 aromatic heterocycles. The van der Waals surface area contributed by atoms with E-state index in [9.17, 15) is 13.5 Å². The van der Waals surface area contributed by atoms with Crippen molar-refractivity contribution in [2.24, 2.45) is 0 Å². The van der Waals surface area contributed by atoms with Gasteiger partial charge in [0.05, 0.1) is 4.90 Å². The predicted molar refractivity (Wildman–Crippen MR) is 131 cm³/mol. The molecule has 166 valence electrons. The van der Waals surface area contributed by atoms with Crippen molar-refractivity contribution < 1.29 is 13.5 Å². The molecule has 1 heterocycles. The Labute approximate surface area is 194 Å². The smallest absolute Gasteiger partial charge is 0.243 e. The van der Waals surface area contributed by atoms with Crippen molar-refractivity contribution in [3.05, 3.63) is 107 Å². The van der Waals surface area contributed by atoms with Crippen molar-refractivity contribution in [2.45, 2.75) is 31.8 Å². The van der Waals surface area contributed by atoms with Crippen LogP contribution in [0.4, 0.5) is 0 Å². The largest absolute Gasteiger partial charge is 0.507 e. The summed E-state index contributed by atoms with van der Waals surface area (Å²) in [5.41, 5.74) is 7.06. The number of aryl methyl sites for hydroxylation is 1. The van der Waals surface area contributed by atoms with E-state index < -0.39 is 10.0 Å². The highest BCUT2D eigenvalue weighted by atomic mass is 32.2. The Balaban J connectivity index is 1.71. The van der Waals surface area contributed by atoms with Crippen LogP contribution in [0.1, 0.15) is 22.3 Å². The highest BCUT2D eigenvalue weighted by Gasteiger charge is 2.35. The molecule has 0 spiro atoms. The lowest BCUT2D eigenvalue weighted by Gasteiger charge is -2.19. The average Bonchev–Trinajstić information content (AvgIpc) is 3.29. The number of benzene rings is 4. The molecule has 0 saturated heterocycles. The molecule has 0 radical (unpaired) electrons. The number of aromatic hydroxyl groups is 1. The summed E-state index contributed by atoms with van der Waals surface area (Å²) in [5, 5.41) is 11.3. The van der Waals surface area contributed by atoms with E-state index in [2.05, 4.69) is 0 Å². The molecular formula is C28H25NO3S. The molecule has 1 aliphatic rings. The molecule has 1 aliphatic heterocycles. The predicted octanol–water partition coefficient (Wildman–Crippen LogP) is 6.05. The highest BCUT2D eigenvalue weighted by molar-refractivity contribution is 7.89. The number of hydrogen-bond donors (Lipinski definition) is 1. The molecule has 33 heavy (non-hydrogen) atoms. The van der Waals surface area contributed by atoms with Gasteiger partial charge in [-0.15, -0.1) is 0 Å². The number of fused-ring (bicyclic) bond motifs is 1. The van der Waals surface area contributed by atoms with Gasteiger partial charge in [-0.1, -0.05) is 78.4 Å². The van der Waals surface area contributed by atoms with Crippen LogP contribution in [-0.2, 0) is 23.1 Å². The zero-order chi connectivity index (χ0) is 23.2. The van der Waals surface area contributed by atoms with E-state index in [1.165, 1.54) is 4.31 Å². The molecule has 5 heteroatoms. The van der Waals surface area contributed by atoms with Crippen LogP contribution in [0.25, 0.3) is 22.3 Å². The number of sulfonamides is 1. The Morgan fingerprint density at radius 3 is 1.79 bits per heavy atom. The van der Waals surface area contributed by atoms with E-state index in [0.717, 1.165) is 44.5 Å². The van der Waals surface area contributed by atoms with Gasteiger partial charge in [0.25, 0.3) is 0 Å². The van der Waals surface area contributed by atoms with Crippen LogP contribution in [0.3, 0.4) is 0 Å². The summed E-state index contributed by atoms with van der Waals surface area (Å²) < 4.78 is 28.5. The standard InChI is InChI=1S/C28H25NO3S/c1-19-13-15-23(16-14-19)33(31,32)29-17-24-20(2)28(30)27(22-11-7-4-8-12-22)26(25(24)18-29)21-9-5-3-6-10-21/h3-16,30H,17-18H2,1-2H3. The zero-order valence-corrected chi connectivity index (χ0v) is 19.4. The lowest BCUT2D eigenvalue weighted by Crippen LogP contribution is -2.25. The minimum atomic E-state index is -3.68. The molecule has 5 rings (SSSR count). The molecule has 4 aromatic carbocycles. The molecule has 0 amide bonds. The molecule has 0 unspecified atom stereocenters. The molecular weight excluding hydrogens is 430 g/mol. The number of phenolic OH excluding ortho intramolecular Hbond substituents is 1. The minimum Gasteiger partial charge on any atom is -0.507 e. The highest BCUT2D eigenvalue weighted by Crippen LogP contribution is 2.48. The minimum absolute atomic E-state index is 0.202. The van der Waals surface area contributed by atoms with Crippen LogP contribution in [0.15, 0.2) is 89.8 Å². The maximum atomic E-state index is 13.5. The summed E-state index contributed by atoms with van der Waals surface area (Å²) in [5.74, 6) is 0.202. The molecule has 0 aliphatic carbocycles. The molecule has 4 aromatic rings. The van der Waals surface area contributed by atoms with E-state index >= 15 is 0 Å². The van der Waals surface area contributed by atoms with Crippen LogP contribution < -0.4 is 0 Å². The third-order valence-corrected chi connectivity index (χ3v) is 8.22. The van der Waals surface area contributed by atoms with Gasteiger partial charge in [0.1, 0.15) is 5.75 Å². The second-order valence-electron chi connectivity index (χ2n) is 8.50. The van der Waals surface area contributed by atoms with Gasteiger partial charge in [0.15, 0.2) is 0 Å². The van der Waals surface area contributed by atoms with Crippen molar-refractivity contribution >= 4 is 10.0 Å². The van der Waals surface area contributed by atoms with Crippen molar-refractivity contribution in [3.8, 4) is 28.0 Å². The Kier molecular flexibility index (Phi) is 5.31. The fraction of sp³-hybridized carbons (Fsp3) is 0.143. The SMILES string of the molecule is Cc1ccc(S(=O)(=O)N2Cc3c(C)c(O)c(-c4ccccc4)c(-c4ccccc4)c3C2)cc1. The second-order valence-corrected chi connectivity index (χ2v) is 10.4. The van der Waals surface area contributed by atoms with Gasteiger partial charge in [-0.05, 0) is 59.4 Å². The van der Waals surface area contributed by atoms with E-state index in [1.807, 2.05) is 86.6 Å². The monoisotopic (exact) mass is 455 g/mol. The van der Waals surface area contributed by atoms with Crippen LogP contribution in [-0.4, -0.2) is 17.8 Å². The lowest BCUT2D eigenvalue weighted by molar-refractivity contribution is 0.430. The van der Waals surface area contributed by atoms with E-state index in [1.54, 1.807) is 12.1 Å². The molecule has 4 nitrogen and oxygen atoms in total. The number of nitrogens with zero attached hydrogens (tertiary/aromatic N) is 1. The third-order valence-electron chi connectivity index (χ3n) is 6.41. The Bertz CT molecular complexity index is 1430. The topological polar surface area (TPSA) is 57.6 Å². The summed E-state index contributed by atoms with van der Waals surface area (Å²) in [6.07, 6.45) is 0. The maximum absolute atomic E-state index is 13.5. The van der Waals surface area contributed by atoms with E-state index in [0.29, 0.717) is 0 Å². The molecule has 1 N–H and O–H groups in total. The number of rotatable bonds is 4. The van der Waals surface area contributed by atoms with Crippen molar-refractivity contribution in [2.75, 3.05) is 0 Å². The first-order valence-electron chi connectivity index (χ1n) is 10.9. The summed E-state index contributed by atoms with van der Waals surface area (Å²) in [6.45, 7) is 4.30. The Hall–Kier alpha value is -3.41. The van der Waals surface area contributed by atoms with Gasteiger partial charge in [-0.3, -0.25) is 0 Å². The van der Waals surface area contributed by atoms with Gasteiger partial charge in [-0.25, -0.2) is 8.42 Å². The van der Waals surface area contributed by atoms with Crippen LogP contribution in [0.2, 0.25) is 0 Å². The Morgan fingerprint density at radius 2 is 1.21 bits per heavy atom. The molecule has 0 atom stereocenters. The van der Waals surface area contributed by atoms with Gasteiger partial charge >= 0.3 is 0 Å². The van der Waals surface area contributed by atoms with Crippen LogP contribution >= 0.6 is 0 Å². The summed E-state index contributed by atoms with van der Waals surface area (Å²) in [7, 11) is -3.68. The molecule has 0 saturated carbocycles. The maximum Gasteiger partial charge on any atom is 0.243 e. The van der Waals surface area contributed by atoms with Gasteiger partial charge in [-0.2, -0.15) is 4.31 Å². The second kappa shape index (κ2) is 8.18. The average molecular weight is 456 g/mol. The summed E-state index contributed by atoms with van der Waals surface area (Å²) in [4.78, 5) is 0.285. The quantitative estimate of drug-likeness (QED) is 0.408. The first-order valence-corrected chi connectivity index (χ1v) is 12.4. The Morgan fingerprint density at radius 1 is 0.697 bits per heavy atom. The van der Waals surface area contributed by atoms with Crippen molar-refractivity contribution in [1.82, 2.24) is 4.31 Å². The third kappa shape index (κ3) is 3.63. The van der Waals surface area contributed by atoms with Crippen LogP contribution in [0.5, 0.6) is 5.75 Å². The molecule has 0 fully saturated rings.